The number of aryl methyl sites for hydroxylation is 2. The first kappa shape index (κ1) is 17.8. The number of nitrogens with one attached hydrogen (secondary N) is 1. The van der Waals surface area contributed by atoms with Crippen molar-refractivity contribution in [3.8, 4) is 17.1 Å². The van der Waals surface area contributed by atoms with Crippen molar-refractivity contribution < 1.29 is 9.53 Å². The molecular formula is C20H22N4O2. The van der Waals surface area contributed by atoms with Crippen LogP contribution in [0.25, 0.3) is 17.1 Å². The van der Waals surface area contributed by atoms with Gasteiger partial charge in [-0.25, -0.2) is 9.67 Å². The van der Waals surface area contributed by atoms with Gasteiger partial charge in [0.05, 0.1) is 12.3 Å². The molecule has 1 aromatic heterocycles. The number of hydrogen-bond acceptors (Lipinski definition) is 4. The van der Waals surface area contributed by atoms with Crippen molar-refractivity contribution in [3.63, 3.8) is 0 Å². The van der Waals surface area contributed by atoms with Gasteiger partial charge in [0, 0.05) is 19.2 Å². The van der Waals surface area contributed by atoms with Gasteiger partial charge in [-0.05, 0) is 26.0 Å². The van der Waals surface area contributed by atoms with Crippen LogP contribution in [0.3, 0.4) is 0 Å². The van der Waals surface area contributed by atoms with Gasteiger partial charge in [0.1, 0.15) is 0 Å². The highest BCUT2D eigenvalue weighted by molar-refractivity contribution is 5.91. The molecule has 0 saturated carbocycles. The number of nitrogens with zero attached hydrogens (tertiary/aromatic N) is 3. The van der Waals surface area contributed by atoms with Crippen molar-refractivity contribution in [2.45, 2.75) is 13.8 Å². The van der Waals surface area contributed by atoms with Crippen LogP contribution < -0.4 is 5.32 Å². The number of ether oxygens (including phenoxy) is 1. The van der Waals surface area contributed by atoms with Crippen molar-refractivity contribution in [2.75, 3.05) is 20.3 Å². The second kappa shape index (κ2) is 7.93. The Morgan fingerprint density at radius 2 is 1.65 bits per heavy atom. The van der Waals surface area contributed by atoms with Gasteiger partial charge in [-0.1, -0.05) is 47.5 Å². The van der Waals surface area contributed by atoms with Crippen LogP contribution in [-0.2, 0) is 4.74 Å². The summed E-state index contributed by atoms with van der Waals surface area (Å²) >= 11 is 0. The number of hydrogen-bond donors (Lipinski definition) is 1. The second-order valence-corrected chi connectivity index (χ2v) is 6.12. The van der Waals surface area contributed by atoms with Gasteiger partial charge in [0.25, 0.3) is 5.91 Å². The Morgan fingerprint density at radius 1 is 1.04 bits per heavy atom. The van der Waals surface area contributed by atoms with E-state index in [-0.39, 0.29) is 11.7 Å². The van der Waals surface area contributed by atoms with Crippen LogP contribution in [0.2, 0.25) is 0 Å². The maximum Gasteiger partial charge on any atom is 0.291 e. The van der Waals surface area contributed by atoms with Crippen LogP contribution in [0, 0.1) is 13.8 Å². The van der Waals surface area contributed by atoms with E-state index in [1.807, 2.05) is 62.4 Å². The lowest BCUT2D eigenvalue weighted by atomic mass is 10.1. The maximum atomic E-state index is 12.4. The Kier molecular flexibility index (Phi) is 5.43. The highest BCUT2D eigenvalue weighted by Gasteiger charge is 2.18. The van der Waals surface area contributed by atoms with Crippen molar-refractivity contribution in [1.82, 2.24) is 20.1 Å². The first-order valence-electron chi connectivity index (χ1n) is 8.47. The molecule has 1 N–H and O–H groups in total. The molecule has 0 aliphatic rings. The van der Waals surface area contributed by atoms with Gasteiger partial charge in [-0.3, -0.25) is 4.79 Å². The average Bonchev–Trinajstić information content (AvgIpc) is 3.08. The molecular weight excluding hydrogens is 328 g/mol. The van der Waals surface area contributed by atoms with Crippen molar-refractivity contribution >= 4 is 5.91 Å². The average molecular weight is 350 g/mol. The molecule has 3 aromatic rings. The Balaban J connectivity index is 2.01. The van der Waals surface area contributed by atoms with Crippen LogP contribution in [0.5, 0.6) is 0 Å². The van der Waals surface area contributed by atoms with E-state index >= 15 is 0 Å². The van der Waals surface area contributed by atoms with E-state index in [0.29, 0.717) is 19.0 Å². The van der Waals surface area contributed by atoms with Gasteiger partial charge < -0.3 is 10.1 Å². The van der Waals surface area contributed by atoms with Gasteiger partial charge in [0.2, 0.25) is 5.82 Å². The summed E-state index contributed by atoms with van der Waals surface area (Å²) in [6.45, 7) is 4.91. The van der Waals surface area contributed by atoms with E-state index in [0.717, 1.165) is 22.4 Å². The molecule has 2 aromatic carbocycles. The van der Waals surface area contributed by atoms with Gasteiger partial charge in [-0.15, -0.1) is 5.10 Å². The molecule has 0 spiro atoms. The second-order valence-electron chi connectivity index (χ2n) is 6.12. The van der Waals surface area contributed by atoms with Crippen LogP contribution in [0.15, 0.2) is 48.5 Å². The fraction of sp³-hybridized carbons (Fsp3) is 0.250. The molecule has 0 atom stereocenters. The zero-order chi connectivity index (χ0) is 18.5. The van der Waals surface area contributed by atoms with Gasteiger partial charge in [0.15, 0.2) is 5.82 Å². The molecule has 3 rings (SSSR count). The fourth-order valence-corrected chi connectivity index (χ4v) is 2.51. The molecule has 0 radical (unpaired) electrons. The molecule has 0 bridgehead atoms. The minimum atomic E-state index is -0.318. The molecule has 0 aliphatic heterocycles. The summed E-state index contributed by atoms with van der Waals surface area (Å²) in [5, 5.41) is 7.20. The lowest BCUT2D eigenvalue weighted by Crippen LogP contribution is -2.28. The van der Waals surface area contributed by atoms with Crippen LogP contribution >= 0.6 is 0 Å². The first-order chi connectivity index (χ1) is 12.6. The SMILES string of the molecule is COCCNC(=O)c1nc(-c2ccc(C)cc2)n(-c2ccc(C)cc2)n1. The number of benzene rings is 2. The first-order valence-corrected chi connectivity index (χ1v) is 8.47. The van der Waals surface area contributed by atoms with Crippen molar-refractivity contribution in [3.05, 3.63) is 65.5 Å². The van der Waals surface area contributed by atoms with E-state index in [2.05, 4.69) is 15.4 Å². The van der Waals surface area contributed by atoms with E-state index in [4.69, 9.17) is 4.74 Å². The lowest BCUT2D eigenvalue weighted by Gasteiger charge is -2.06. The number of aromatic nitrogens is 3. The standard InChI is InChI=1S/C20H22N4O2/c1-14-4-8-16(9-5-14)19-22-18(20(25)21-12-13-26-3)23-24(19)17-10-6-15(2)7-11-17/h4-11H,12-13H2,1-3H3,(H,21,25). The maximum absolute atomic E-state index is 12.4. The van der Waals surface area contributed by atoms with Crippen molar-refractivity contribution in [2.24, 2.45) is 0 Å². The molecule has 1 amide bonds. The van der Waals surface area contributed by atoms with E-state index < -0.39 is 0 Å². The number of amides is 1. The minimum absolute atomic E-state index is 0.136. The Morgan fingerprint density at radius 3 is 2.27 bits per heavy atom. The fourth-order valence-electron chi connectivity index (χ4n) is 2.51. The third-order valence-electron chi connectivity index (χ3n) is 3.99. The Hall–Kier alpha value is -2.99. The third kappa shape index (κ3) is 3.97. The molecule has 0 unspecified atom stereocenters. The number of methoxy groups -OCH3 is 1. The normalized spacial score (nSPS) is 10.7. The van der Waals surface area contributed by atoms with Crippen molar-refractivity contribution in [1.29, 1.82) is 0 Å². The van der Waals surface area contributed by atoms with Gasteiger partial charge >= 0.3 is 0 Å². The summed E-state index contributed by atoms with van der Waals surface area (Å²) in [6.07, 6.45) is 0. The Labute approximate surface area is 152 Å². The zero-order valence-corrected chi connectivity index (χ0v) is 15.2. The van der Waals surface area contributed by atoms with Crippen LogP contribution in [0.4, 0.5) is 0 Å². The summed E-state index contributed by atoms with van der Waals surface area (Å²) in [5.41, 5.74) is 4.07. The lowest BCUT2D eigenvalue weighted by molar-refractivity contribution is 0.0927. The molecule has 0 saturated heterocycles. The highest BCUT2D eigenvalue weighted by atomic mass is 16.5. The van der Waals surface area contributed by atoms with E-state index in [1.165, 1.54) is 0 Å². The summed E-state index contributed by atoms with van der Waals surface area (Å²) in [6, 6.07) is 15.9. The molecule has 0 fully saturated rings. The van der Waals surface area contributed by atoms with Gasteiger partial charge in [-0.2, -0.15) is 0 Å². The summed E-state index contributed by atoms with van der Waals surface area (Å²) in [4.78, 5) is 16.8. The molecule has 6 heteroatoms. The smallest absolute Gasteiger partial charge is 0.291 e. The largest absolute Gasteiger partial charge is 0.383 e. The summed E-state index contributed by atoms with van der Waals surface area (Å²) in [7, 11) is 1.59. The number of carbonyl (C=O) groups excluding carboxylic acids is 1. The number of carbonyl (C=O) groups is 1. The van der Waals surface area contributed by atoms with Crippen LogP contribution in [-0.4, -0.2) is 40.9 Å². The third-order valence-corrected chi connectivity index (χ3v) is 3.99. The monoisotopic (exact) mass is 350 g/mol. The minimum Gasteiger partial charge on any atom is -0.383 e. The highest BCUT2D eigenvalue weighted by Crippen LogP contribution is 2.22. The van der Waals surface area contributed by atoms with Crippen LogP contribution in [0.1, 0.15) is 21.7 Å². The number of rotatable bonds is 6. The Bertz CT molecular complexity index is 820. The molecule has 134 valence electrons. The quantitative estimate of drug-likeness (QED) is 0.694. The molecule has 6 nitrogen and oxygen atoms in total. The topological polar surface area (TPSA) is 69.0 Å². The van der Waals surface area contributed by atoms with E-state index in [1.54, 1.807) is 11.8 Å². The molecule has 0 aliphatic carbocycles. The predicted molar refractivity (Wildman–Crippen MR) is 100 cm³/mol. The zero-order valence-electron chi connectivity index (χ0n) is 15.2. The molecule has 1 heterocycles. The summed E-state index contributed by atoms with van der Waals surface area (Å²) < 4.78 is 6.66. The predicted octanol–water partition coefficient (Wildman–Crippen LogP) is 2.93. The summed E-state index contributed by atoms with van der Waals surface area (Å²) in [5.74, 6) is 0.448. The molecule has 26 heavy (non-hydrogen) atoms. The van der Waals surface area contributed by atoms with E-state index in [9.17, 15) is 4.79 Å².